The largest absolute Gasteiger partial charge is 0.394 e. The summed E-state index contributed by atoms with van der Waals surface area (Å²) in [6, 6.07) is -3.62. The summed E-state index contributed by atoms with van der Waals surface area (Å²) in [5, 5.41) is 337. The summed E-state index contributed by atoms with van der Waals surface area (Å²) < 4.78 is 111. The van der Waals surface area contributed by atoms with Crippen LogP contribution >= 0.6 is 0 Å². The van der Waals surface area contributed by atoms with Crippen molar-refractivity contribution in [1.29, 1.82) is 0 Å². The Bertz CT molecular complexity index is 3050. The smallest absolute Gasteiger partial charge is 0.217 e. The minimum absolute atomic E-state index is 0.802. The Balaban J connectivity index is 1.01. The first-order valence-electron chi connectivity index (χ1n) is 37.2. The molecule has 10 saturated heterocycles. The van der Waals surface area contributed by atoms with E-state index in [4.69, 9.17) is 90.0 Å². The van der Waals surface area contributed by atoms with Gasteiger partial charge in [-0.25, -0.2) is 0 Å². The lowest BCUT2D eigenvalue weighted by molar-refractivity contribution is -0.401. The normalized spacial score (nSPS) is 51.5. The van der Waals surface area contributed by atoms with E-state index in [1.165, 1.54) is 0 Å². The predicted molar refractivity (Wildman–Crippen MR) is 353 cm³/mol. The first kappa shape index (κ1) is 96.2. The van der Waals surface area contributed by atoms with E-state index >= 15 is 0 Å². The number of hydrogen-bond donors (Lipinski definition) is 32. The van der Waals surface area contributed by atoms with Crippen LogP contribution < -0.4 is 10.6 Å². The minimum atomic E-state index is -2.60. The SMILES string of the molecule is CC(=O)N[C@@H]1[C@@H](O)[C@H](O[C@@H]2O[C@H](CO)[C@@H](O[C@H]3O[C@H](CO[C@H]4O[C@H](CO[C@H]5O[C@H](CO)[C@@H](O)[C@H](O)[C@@H]5O[C@H]5O[C@H](CO)[C@@H](O)[C@H](O)[C@@H]5O)[C@@H](O)[C@H](O[C@H]5O[C@H](CO)[C@@H](O)[C@H](O)[C@@H]5O[C@H]5O[C@H](CO)[C@@H](O)[C@H](O)[C@@H]5O)[C@@H]4O)[C@@H](O)[C@H](O[C@H]4O[C@H](CO)[C@@H](O)[C@H](O)[C@@H]4O[C@H]4O[C@H](CO)[C@@H](O)[C@H](O)[C@@H]4O)[C@@H]3O)[C@H](O)[C@H]2NC(C)=O)[C@@H](CO)O[C@H]1O. The van der Waals surface area contributed by atoms with Gasteiger partial charge in [0, 0.05) is 13.8 Å². The standard InChI is InChI=1S/C64H108N2O51/c1-13(75)65-25-35(85)48(21(9-73)101-55(25)98)111-56-26(66-14(2)76)36(86)49(22(10-74)108-56)112-61-47(97)51(114-64-54(42(92)32(82)20(8-72)107-64)117-60-45(95)39(89)29(79)17(5-69)104-60)34(84)24(110-61)11-99-57-46(96)50(113-63-53(41(91)31(81)19(7-71)106-63)116-59-44(94)38(88)28(78)16(4-68)103-59)33(83)23(109-57)12-100-62-52(40(90)30(80)18(6-70)105-62)115-58-43(93)37(87)27(77)15(3-67)102-58/h15-64,67-74,77-98H,3-12H2,1-2H3,(H,65,75)(H,66,76)/t15-,16-,17-,18-,19-,20-,21-,22-,23-,24-,25-,26-,27-,28-,29-,30-,31-,32-,33-,34-,35-,36-,37+,38+,39+,40+,41+,42+,43+,44+,45+,46+,47+,48-,49-,50+,51+,52+,53+,54+,55-,56+,57+,58-,59-,60-,61-,62+,63-,64-/m1/s1. The van der Waals surface area contributed by atoms with Crippen LogP contribution in [0.5, 0.6) is 0 Å². The summed E-state index contributed by atoms with van der Waals surface area (Å²) in [4.78, 5) is 25.2. The van der Waals surface area contributed by atoms with Crippen LogP contribution in [0.1, 0.15) is 13.8 Å². The number of ether oxygens (including phenoxy) is 19. The van der Waals surface area contributed by atoms with Crippen molar-refractivity contribution in [1.82, 2.24) is 10.6 Å². The van der Waals surface area contributed by atoms with Crippen molar-refractivity contribution in [2.75, 3.05) is 66.1 Å². The second-order valence-electron chi connectivity index (χ2n) is 29.5. The molecule has 0 radical (unpaired) electrons. The molecule has 0 aliphatic carbocycles. The van der Waals surface area contributed by atoms with E-state index in [1.54, 1.807) is 0 Å². The number of hydrogen-bond acceptors (Lipinski definition) is 51. The highest BCUT2D eigenvalue weighted by atomic mass is 16.8. The zero-order valence-electron chi connectivity index (χ0n) is 61.9. The van der Waals surface area contributed by atoms with Gasteiger partial charge in [-0.05, 0) is 0 Å². The highest BCUT2D eigenvalue weighted by Gasteiger charge is 2.61. The Labute approximate surface area is 660 Å². The molecule has 53 heteroatoms. The first-order valence-corrected chi connectivity index (χ1v) is 37.2. The molecule has 10 aliphatic heterocycles. The van der Waals surface area contributed by atoms with E-state index in [0.29, 0.717) is 0 Å². The molecule has 0 bridgehead atoms. The van der Waals surface area contributed by atoms with Gasteiger partial charge in [0.1, 0.15) is 244 Å². The van der Waals surface area contributed by atoms with Crippen LogP contribution in [0.4, 0.5) is 0 Å². The van der Waals surface area contributed by atoms with E-state index in [-0.39, 0.29) is 0 Å². The highest BCUT2D eigenvalue weighted by molar-refractivity contribution is 5.73. The molecular formula is C64H108N2O51. The summed E-state index contributed by atoms with van der Waals surface area (Å²) in [5.74, 6) is -1.77. The van der Waals surface area contributed by atoms with E-state index in [9.17, 15) is 163 Å². The predicted octanol–water partition coefficient (Wildman–Crippen LogP) is -22.5. The Morgan fingerprint density at radius 3 is 0.838 bits per heavy atom. The summed E-state index contributed by atoms with van der Waals surface area (Å²) in [7, 11) is 0. The molecule has 10 heterocycles. The van der Waals surface area contributed by atoms with Crippen LogP contribution in [0.3, 0.4) is 0 Å². The lowest BCUT2D eigenvalue weighted by Crippen LogP contribution is -2.70. The van der Waals surface area contributed by atoms with Gasteiger partial charge in [-0.3, -0.25) is 9.59 Å². The lowest BCUT2D eigenvalue weighted by atomic mass is 9.94. The molecule has 50 atom stereocenters. The van der Waals surface area contributed by atoms with Gasteiger partial charge < -0.3 is 254 Å². The van der Waals surface area contributed by atoms with Crippen LogP contribution in [0.15, 0.2) is 0 Å². The van der Waals surface area contributed by atoms with Crippen LogP contribution in [0.2, 0.25) is 0 Å². The fourth-order valence-corrected chi connectivity index (χ4v) is 15.0. The van der Waals surface area contributed by atoms with Crippen LogP contribution in [0, 0.1) is 0 Å². The molecule has 0 aromatic carbocycles. The van der Waals surface area contributed by atoms with Gasteiger partial charge in [0.25, 0.3) is 0 Å². The van der Waals surface area contributed by atoms with Crippen molar-refractivity contribution in [2.45, 2.75) is 321 Å². The minimum Gasteiger partial charge on any atom is -0.394 e. The fourth-order valence-electron chi connectivity index (χ4n) is 15.0. The molecule has 0 spiro atoms. The maximum atomic E-state index is 13.0. The highest BCUT2D eigenvalue weighted by Crippen LogP contribution is 2.40. The zero-order chi connectivity index (χ0) is 85.9. The second-order valence-corrected chi connectivity index (χ2v) is 29.5. The molecule has 10 rings (SSSR count). The molecule has 0 saturated carbocycles. The van der Waals surface area contributed by atoms with E-state index < -0.39 is 385 Å². The third-order valence-corrected chi connectivity index (χ3v) is 21.7. The number of rotatable bonds is 30. The van der Waals surface area contributed by atoms with Gasteiger partial charge in [0.15, 0.2) is 62.9 Å². The number of nitrogens with one attached hydrogen (secondary N) is 2. The van der Waals surface area contributed by atoms with Gasteiger partial charge in [-0.2, -0.15) is 0 Å². The molecule has 0 aromatic heterocycles. The van der Waals surface area contributed by atoms with Gasteiger partial charge in [-0.1, -0.05) is 0 Å². The Hall–Kier alpha value is -3.02. The monoisotopic (exact) mass is 1720 g/mol. The van der Waals surface area contributed by atoms with Crippen LogP contribution in [-0.2, 0) is 99.6 Å². The van der Waals surface area contributed by atoms with Crippen molar-refractivity contribution in [3.05, 3.63) is 0 Å². The van der Waals surface area contributed by atoms with E-state index in [1.807, 2.05) is 0 Å². The van der Waals surface area contributed by atoms with Crippen LogP contribution in [-0.4, -0.2) is 538 Å². The van der Waals surface area contributed by atoms with Crippen molar-refractivity contribution in [3.63, 3.8) is 0 Å². The average Bonchev–Trinajstić information content (AvgIpc) is 0.769. The summed E-state index contributed by atoms with van der Waals surface area (Å²) in [6.07, 6.45) is -104. The molecule has 32 N–H and O–H groups in total. The molecular weight excluding hydrogens is 1610 g/mol. The van der Waals surface area contributed by atoms with Crippen molar-refractivity contribution >= 4 is 11.8 Å². The average molecular weight is 1720 g/mol. The molecule has 680 valence electrons. The number of amides is 2. The van der Waals surface area contributed by atoms with Gasteiger partial charge in [0.05, 0.1) is 66.1 Å². The maximum Gasteiger partial charge on any atom is 0.217 e. The van der Waals surface area contributed by atoms with Gasteiger partial charge in [-0.15, -0.1) is 0 Å². The lowest BCUT2D eigenvalue weighted by Gasteiger charge is -2.51. The first-order chi connectivity index (χ1) is 55.4. The molecule has 117 heavy (non-hydrogen) atoms. The Morgan fingerprint density at radius 1 is 0.222 bits per heavy atom. The molecule has 10 aliphatic rings. The summed E-state index contributed by atoms with van der Waals surface area (Å²) in [6.45, 7) is -9.35. The zero-order valence-corrected chi connectivity index (χ0v) is 61.9. The summed E-state index contributed by atoms with van der Waals surface area (Å²) >= 11 is 0. The number of aliphatic hydroxyl groups is 30. The molecule has 0 aromatic rings. The van der Waals surface area contributed by atoms with E-state index in [2.05, 4.69) is 10.6 Å². The van der Waals surface area contributed by atoms with Crippen LogP contribution in [0.25, 0.3) is 0 Å². The molecule has 2 amide bonds. The Kier molecular flexibility index (Phi) is 34.4. The second kappa shape index (κ2) is 41.9. The van der Waals surface area contributed by atoms with Gasteiger partial charge >= 0.3 is 0 Å². The maximum absolute atomic E-state index is 13.0. The topological polar surface area (TPSA) is 840 Å². The van der Waals surface area contributed by atoms with Crippen molar-refractivity contribution < 1.29 is 253 Å². The van der Waals surface area contributed by atoms with Crippen molar-refractivity contribution in [3.8, 4) is 0 Å². The number of carbonyl (C=O) groups excluding carboxylic acids is 2. The molecule has 0 unspecified atom stereocenters. The summed E-state index contributed by atoms with van der Waals surface area (Å²) in [5.41, 5.74) is 0. The Morgan fingerprint density at radius 2 is 0.470 bits per heavy atom. The quantitative estimate of drug-likeness (QED) is 0.0318. The third kappa shape index (κ3) is 20.7. The molecule has 53 nitrogen and oxygen atoms in total. The van der Waals surface area contributed by atoms with Crippen molar-refractivity contribution in [2.24, 2.45) is 0 Å². The fraction of sp³-hybridized carbons (Fsp3) is 0.969. The van der Waals surface area contributed by atoms with Gasteiger partial charge in [0.2, 0.25) is 11.8 Å². The molecule has 10 fully saturated rings. The number of aliphatic hydroxyl groups excluding tert-OH is 30. The number of carbonyl (C=O) groups is 2. The van der Waals surface area contributed by atoms with E-state index in [0.717, 1.165) is 13.8 Å². The third-order valence-electron chi connectivity index (χ3n) is 21.7.